The van der Waals surface area contributed by atoms with Crippen LogP contribution >= 0.6 is 0 Å². The van der Waals surface area contributed by atoms with Crippen molar-refractivity contribution in [3.05, 3.63) is 30.1 Å². The number of pyridine rings is 1. The first kappa shape index (κ1) is 11.8. The average Bonchev–Trinajstić information content (AvgIpc) is 2.25. The molecular weight excluding hydrogens is 192 g/mol. The smallest absolute Gasteiger partial charge is 0.182 e. The molecule has 1 rings (SSSR count). The number of aromatic nitrogens is 1. The number of carbonyl (C=O) groups excluding carboxylic acids is 1. The van der Waals surface area contributed by atoms with Crippen LogP contribution in [0, 0.1) is 0 Å². The van der Waals surface area contributed by atoms with Crippen molar-refractivity contribution in [1.82, 2.24) is 10.3 Å². The van der Waals surface area contributed by atoms with Crippen molar-refractivity contribution in [3.63, 3.8) is 0 Å². The topological polar surface area (TPSA) is 62.2 Å². The zero-order valence-electron chi connectivity index (χ0n) is 8.81. The Morgan fingerprint density at radius 1 is 1.60 bits per heavy atom. The van der Waals surface area contributed by atoms with Crippen LogP contribution in [0.25, 0.3) is 0 Å². The van der Waals surface area contributed by atoms with E-state index in [1.54, 1.807) is 31.3 Å². The number of hydrogen-bond donors (Lipinski definition) is 2. The predicted molar refractivity (Wildman–Crippen MR) is 57.7 cm³/mol. The summed E-state index contributed by atoms with van der Waals surface area (Å²) in [5, 5.41) is 12.0. The number of nitrogens with one attached hydrogen (secondary N) is 1. The number of carbonyl (C=O) groups is 1. The summed E-state index contributed by atoms with van der Waals surface area (Å²) in [7, 11) is 0. The van der Waals surface area contributed by atoms with E-state index in [9.17, 15) is 4.79 Å². The Morgan fingerprint density at radius 3 is 3.00 bits per heavy atom. The number of rotatable bonds is 6. The Kier molecular flexibility index (Phi) is 4.93. The zero-order chi connectivity index (χ0) is 11.1. The van der Waals surface area contributed by atoms with E-state index in [4.69, 9.17) is 5.11 Å². The van der Waals surface area contributed by atoms with Gasteiger partial charge in [-0.15, -0.1) is 0 Å². The van der Waals surface area contributed by atoms with E-state index in [0.717, 1.165) is 0 Å². The fourth-order valence-electron chi connectivity index (χ4n) is 1.17. The number of aliphatic hydroxyl groups excluding tert-OH is 1. The molecule has 0 aliphatic rings. The van der Waals surface area contributed by atoms with Crippen molar-refractivity contribution in [3.8, 4) is 0 Å². The van der Waals surface area contributed by atoms with Gasteiger partial charge in [-0.05, 0) is 19.1 Å². The van der Waals surface area contributed by atoms with E-state index in [-0.39, 0.29) is 11.9 Å². The molecule has 1 unspecified atom stereocenters. The van der Waals surface area contributed by atoms with Crippen LogP contribution in [0.1, 0.15) is 23.8 Å². The third-order valence-electron chi connectivity index (χ3n) is 1.92. The van der Waals surface area contributed by atoms with Crippen molar-refractivity contribution in [2.24, 2.45) is 0 Å². The molecule has 4 heteroatoms. The Balaban J connectivity index is 2.25. The fraction of sp³-hybridized carbons (Fsp3) is 0.455. The summed E-state index contributed by atoms with van der Waals surface area (Å²) in [6.07, 6.45) is 1.63. The molecule has 0 aliphatic carbocycles. The summed E-state index contributed by atoms with van der Waals surface area (Å²) in [6.45, 7) is 2.78. The van der Waals surface area contributed by atoms with Gasteiger partial charge in [0, 0.05) is 25.7 Å². The maximum absolute atomic E-state index is 11.5. The van der Waals surface area contributed by atoms with Gasteiger partial charge in [-0.3, -0.25) is 9.78 Å². The van der Waals surface area contributed by atoms with E-state index < -0.39 is 0 Å². The number of hydrogen-bond acceptors (Lipinski definition) is 4. The van der Waals surface area contributed by atoms with Crippen LogP contribution < -0.4 is 5.32 Å². The van der Waals surface area contributed by atoms with Crippen LogP contribution in [-0.2, 0) is 0 Å². The van der Waals surface area contributed by atoms with Crippen molar-refractivity contribution >= 4 is 5.78 Å². The molecule has 0 aromatic carbocycles. The first-order valence-electron chi connectivity index (χ1n) is 5.03. The van der Waals surface area contributed by atoms with E-state index >= 15 is 0 Å². The normalized spacial score (nSPS) is 12.4. The lowest BCUT2D eigenvalue weighted by Crippen LogP contribution is -2.26. The number of nitrogens with zero attached hydrogens (tertiary/aromatic N) is 1. The van der Waals surface area contributed by atoms with Gasteiger partial charge in [0.15, 0.2) is 5.78 Å². The first-order chi connectivity index (χ1) is 7.20. The maximum Gasteiger partial charge on any atom is 0.182 e. The molecule has 0 saturated heterocycles. The molecule has 0 spiro atoms. The lowest BCUT2D eigenvalue weighted by molar-refractivity contribution is 0.0975. The van der Waals surface area contributed by atoms with Crippen LogP contribution in [0.15, 0.2) is 24.4 Å². The van der Waals surface area contributed by atoms with Crippen LogP contribution in [0.4, 0.5) is 0 Å². The molecule has 2 N–H and O–H groups in total. The molecule has 0 fully saturated rings. The number of ketones is 1. The van der Waals surface area contributed by atoms with Crippen LogP contribution in [0.2, 0.25) is 0 Å². The van der Waals surface area contributed by atoms with Crippen molar-refractivity contribution in [1.29, 1.82) is 0 Å². The van der Waals surface area contributed by atoms with Crippen LogP contribution in [0.5, 0.6) is 0 Å². The SMILES string of the molecule is CC(O)CNCCC(=O)c1ccccn1. The highest BCUT2D eigenvalue weighted by molar-refractivity contribution is 5.94. The van der Waals surface area contributed by atoms with Gasteiger partial charge in [0.2, 0.25) is 0 Å². The summed E-state index contributed by atoms with van der Waals surface area (Å²) in [5.41, 5.74) is 0.497. The largest absolute Gasteiger partial charge is 0.392 e. The van der Waals surface area contributed by atoms with Gasteiger partial charge < -0.3 is 10.4 Å². The standard InChI is InChI=1S/C11H16N2O2/c1-9(14)8-12-7-5-11(15)10-4-2-3-6-13-10/h2-4,6,9,12,14H,5,7-8H2,1H3. The molecule has 1 atom stereocenters. The highest BCUT2D eigenvalue weighted by Crippen LogP contribution is 1.97. The molecule has 1 aromatic heterocycles. The van der Waals surface area contributed by atoms with Gasteiger partial charge in [0.05, 0.1) is 6.10 Å². The summed E-state index contributed by atoms with van der Waals surface area (Å²) < 4.78 is 0. The Bertz CT molecular complexity index is 299. The third kappa shape index (κ3) is 4.67. The van der Waals surface area contributed by atoms with Crippen LogP contribution in [0.3, 0.4) is 0 Å². The minimum absolute atomic E-state index is 0.0219. The minimum Gasteiger partial charge on any atom is -0.392 e. The molecule has 4 nitrogen and oxygen atoms in total. The van der Waals surface area contributed by atoms with Gasteiger partial charge in [-0.2, -0.15) is 0 Å². The molecule has 0 bridgehead atoms. The lowest BCUT2D eigenvalue weighted by atomic mass is 10.2. The highest BCUT2D eigenvalue weighted by Gasteiger charge is 2.05. The lowest BCUT2D eigenvalue weighted by Gasteiger charge is -2.05. The molecular formula is C11H16N2O2. The van der Waals surface area contributed by atoms with E-state index in [2.05, 4.69) is 10.3 Å². The molecule has 0 aliphatic heterocycles. The molecule has 0 radical (unpaired) electrons. The van der Waals surface area contributed by atoms with Gasteiger partial charge >= 0.3 is 0 Å². The second kappa shape index (κ2) is 6.27. The Hall–Kier alpha value is -1.26. The quantitative estimate of drug-likeness (QED) is 0.531. The van der Waals surface area contributed by atoms with Crippen molar-refractivity contribution in [2.45, 2.75) is 19.4 Å². The molecule has 1 aromatic rings. The van der Waals surface area contributed by atoms with Crippen molar-refractivity contribution < 1.29 is 9.90 Å². The summed E-state index contributed by atoms with van der Waals surface area (Å²) in [6, 6.07) is 5.28. The summed E-state index contributed by atoms with van der Waals surface area (Å²) in [5.74, 6) is 0.0219. The Morgan fingerprint density at radius 2 is 2.40 bits per heavy atom. The Labute approximate surface area is 89.3 Å². The summed E-state index contributed by atoms with van der Waals surface area (Å²) in [4.78, 5) is 15.5. The molecule has 0 amide bonds. The second-order valence-electron chi connectivity index (χ2n) is 3.44. The monoisotopic (exact) mass is 208 g/mol. The first-order valence-corrected chi connectivity index (χ1v) is 5.03. The average molecular weight is 208 g/mol. The van der Waals surface area contributed by atoms with E-state index in [1.165, 1.54) is 0 Å². The minimum atomic E-state index is -0.380. The van der Waals surface area contributed by atoms with Gasteiger partial charge in [0.25, 0.3) is 0 Å². The highest BCUT2D eigenvalue weighted by atomic mass is 16.3. The molecule has 82 valence electrons. The predicted octanol–water partition coefficient (Wildman–Crippen LogP) is 0.625. The summed E-state index contributed by atoms with van der Waals surface area (Å²) >= 11 is 0. The molecule has 15 heavy (non-hydrogen) atoms. The number of Topliss-reactive ketones (excluding diaryl/α,β-unsaturated/α-hetero) is 1. The van der Waals surface area contributed by atoms with E-state index in [1.807, 2.05) is 0 Å². The second-order valence-corrected chi connectivity index (χ2v) is 3.44. The van der Waals surface area contributed by atoms with Crippen LogP contribution in [-0.4, -0.2) is 35.1 Å². The molecule has 0 saturated carbocycles. The zero-order valence-corrected chi connectivity index (χ0v) is 8.81. The van der Waals surface area contributed by atoms with Crippen molar-refractivity contribution in [2.75, 3.05) is 13.1 Å². The fourth-order valence-corrected chi connectivity index (χ4v) is 1.17. The third-order valence-corrected chi connectivity index (χ3v) is 1.92. The van der Waals surface area contributed by atoms with Gasteiger partial charge in [-0.1, -0.05) is 6.07 Å². The number of aliphatic hydroxyl groups is 1. The van der Waals surface area contributed by atoms with Gasteiger partial charge in [-0.25, -0.2) is 0 Å². The van der Waals surface area contributed by atoms with E-state index in [0.29, 0.717) is 25.2 Å². The van der Waals surface area contributed by atoms with Gasteiger partial charge in [0.1, 0.15) is 5.69 Å². The maximum atomic E-state index is 11.5. The molecule has 1 heterocycles.